The van der Waals surface area contributed by atoms with Gasteiger partial charge in [0.15, 0.2) is 5.96 Å². The largest absolute Gasteiger partial charge is 0.490 e. The van der Waals surface area contributed by atoms with E-state index in [0.29, 0.717) is 31.1 Å². The van der Waals surface area contributed by atoms with Crippen molar-refractivity contribution in [3.63, 3.8) is 0 Å². The van der Waals surface area contributed by atoms with Crippen molar-refractivity contribution in [1.82, 2.24) is 4.90 Å². The maximum Gasteiger partial charge on any atom is 0.490 e. The first-order chi connectivity index (χ1) is 24.6. The van der Waals surface area contributed by atoms with Crippen molar-refractivity contribution in [2.24, 2.45) is 16.5 Å². The summed E-state index contributed by atoms with van der Waals surface area (Å²) in [4.78, 5) is 60.3. The quantitative estimate of drug-likeness (QED) is 0.0379. The van der Waals surface area contributed by atoms with Gasteiger partial charge in [0.05, 0.1) is 70.5 Å². The minimum Gasteiger partial charge on any atom is -0.481 e. The van der Waals surface area contributed by atoms with Crippen LogP contribution in [0.5, 0.6) is 5.75 Å². The van der Waals surface area contributed by atoms with Gasteiger partial charge in [-0.25, -0.2) is 19.4 Å². The molecule has 0 saturated carbocycles. The number of hydrogen-bond donors (Lipinski definition) is 5. The molecule has 0 aromatic heterocycles. The van der Waals surface area contributed by atoms with Crippen molar-refractivity contribution in [2.75, 3.05) is 65.9 Å². The Morgan fingerprint density at radius 1 is 0.712 bits per heavy atom. The minimum absolute atomic E-state index is 0.0159. The van der Waals surface area contributed by atoms with E-state index in [1.807, 2.05) is 0 Å². The number of ether oxygens (including phenoxy) is 6. The van der Waals surface area contributed by atoms with Crippen molar-refractivity contribution in [3.05, 3.63) is 59.7 Å². The van der Waals surface area contributed by atoms with Gasteiger partial charge in [-0.15, -0.1) is 0 Å². The fraction of sp³-hybridized carbons (Fsp3) is 0.419. The molecule has 0 atom stereocenters. The Balaban J connectivity index is 0.00000174. The van der Waals surface area contributed by atoms with Crippen LogP contribution in [-0.4, -0.2) is 128 Å². The fourth-order valence-electron chi connectivity index (χ4n) is 3.37. The summed E-state index contributed by atoms with van der Waals surface area (Å²) < 4.78 is 63.5. The van der Waals surface area contributed by atoms with E-state index in [0.717, 1.165) is 4.90 Å². The third-order valence-corrected chi connectivity index (χ3v) is 5.77. The van der Waals surface area contributed by atoms with E-state index in [1.165, 1.54) is 24.3 Å². The van der Waals surface area contributed by atoms with Crippen LogP contribution in [0.1, 0.15) is 22.3 Å². The predicted octanol–water partition coefficient (Wildman–Crippen LogP) is 2.01. The van der Waals surface area contributed by atoms with E-state index >= 15 is 0 Å². The van der Waals surface area contributed by atoms with Crippen LogP contribution >= 0.6 is 0 Å². The second-order valence-corrected chi connectivity index (χ2v) is 9.88. The molecule has 0 heterocycles. The molecule has 0 aliphatic heterocycles. The molecule has 0 aliphatic rings. The lowest BCUT2D eigenvalue weighted by Crippen LogP contribution is -2.38. The van der Waals surface area contributed by atoms with Gasteiger partial charge in [-0.2, -0.15) is 13.2 Å². The summed E-state index contributed by atoms with van der Waals surface area (Å²) in [5, 5.41) is 24.8. The summed E-state index contributed by atoms with van der Waals surface area (Å²) in [6.45, 7) is 1.19. The molecule has 288 valence electrons. The van der Waals surface area contributed by atoms with Crippen LogP contribution in [0.15, 0.2) is 53.5 Å². The standard InChI is InChI=1S/C29H38N4O12.C2HF3O2/c30-28(31)32-23-5-3-22(4-6-23)27(38)45-24-7-1-21(2-8-24)20-44-29(39)33(19-26(36)37)10-12-41-14-16-43-18-17-42-15-13-40-11-9-25(34)35;3-2(4,5)1(6)7/h1-8H,9-20H2,(H,34,35)(H,36,37)(H4,30,31,32);(H,6,7). The number of alkyl halides is 3. The number of carboxylic acid groups (broad SMARTS) is 3. The molecule has 1 amide bonds. The molecule has 0 radical (unpaired) electrons. The maximum absolute atomic E-state index is 12.5. The molecular weight excluding hydrogens is 709 g/mol. The number of hydrogen-bond acceptors (Lipinski definition) is 12. The number of carboxylic acids is 3. The number of aliphatic imine (C=N–C) groups is 1. The Hall–Kier alpha value is -5.51. The lowest BCUT2D eigenvalue weighted by molar-refractivity contribution is -0.192. The molecule has 0 bridgehead atoms. The molecule has 0 fully saturated rings. The Morgan fingerprint density at radius 2 is 1.21 bits per heavy atom. The fourth-order valence-corrected chi connectivity index (χ4v) is 3.37. The van der Waals surface area contributed by atoms with Crippen LogP contribution in [0, 0.1) is 0 Å². The highest BCUT2D eigenvalue weighted by Crippen LogP contribution is 2.18. The average Bonchev–Trinajstić information content (AvgIpc) is 3.07. The first-order valence-corrected chi connectivity index (χ1v) is 15.1. The summed E-state index contributed by atoms with van der Waals surface area (Å²) in [5.41, 5.74) is 12.0. The van der Waals surface area contributed by atoms with Gasteiger partial charge in [0.1, 0.15) is 18.9 Å². The van der Waals surface area contributed by atoms with Gasteiger partial charge < -0.3 is 55.2 Å². The molecule has 2 aromatic rings. The van der Waals surface area contributed by atoms with Crippen LogP contribution in [0.25, 0.3) is 0 Å². The van der Waals surface area contributed by atoms with E-state index in [1.54, 1.807) is 24.3 Å². The van der Waals surface area contributed by atoms with Crippen molar-refractivity contribution >= 4 is 41.6 Å². The van der Waals surface area contributed by atoms with E-state index in [9.17, 15) is 32.3 Å². The SMILES string of the molecule is NC(N)=Nc1ccc(C(=O)Oc2ccc(COC(=O)N(CCOCCOCCOCCOCCC(=O)O)CC(=O)O)cc2)cc1.O=C(O)C(F)(F)F. The Kier molecular flexibility index (Phi) is 21.1. The molecule has 0 unspecified atom stereocenters. The van der Waals surface area contributed by atoms with Crippen molar-refractivity contribution in [1.29, 1.82) is 0 Å². The van der Waals surface area contributed by atoms with Gasteiger partial charge in [-0.05, 0) is 42.0 Å². The van der Waals surface area contributed by atoms with Gasteiger partial charge in [0.25, 0.3) is 0 Å². The summed E-state index contributed by atoms with van der Waals surface area (Å²) in [6.07, 6.45) is -5.97. The highest BCUT2D eigenvalue weighted by molar-refractivity contribution is 5.91. The van der Waals surface area contributed by atoms with Crippen molar-refractivity contribution in [3.8, 4) is 5.75 Å². The average molecular weight is 749 g/mol. The monoisotopic (exact) mass is 748 g/mol. The molecule has 21 heteroatoms. The summed E-state index contributed by atoms with van der Waals surface area (Å²) in [5.74, 6) is -5.31. The number of nitrogens with two attached hydrogens (primary N) is 2. The van der Waals surface area contributed by atoms with Crippen LogP contribution in [0.2, 0.25) is 0 Å². The zero-order valence-corrected chi connectivity index (χ0v) is 27.6. The van der Waals surface area contributed by atoms with E-state index in [-0.39, 0.29) is 69.9 Å². The molecule has 18 nitrogen and oxygen atoms in total. The first-order valence-electron chi connectivity index (χ1n) is 15.1. The molecular formula is C31H39F3N4O14. The van der Waals surface area contributed by atoms with Crippen molar-refractivity contribution in [2.45, 2.75) is 19.2 Å². The number of guanidine groups is 1. The molecule has 0 spiro atoms. The van der Waals surface area contributed by atoms with Crippen LogP contribution < -0.4 is 16.2 Å². The van der Waals surface area contributed by atoms with E-state index in [2.05, 4.69) is 4.99 Å². The highest BCUT2D eigenvalue weighted by Gasteiger charge is 2.38. The Labute approximate surface area is 294 Å². The van der Waals surface area contributed by atoms with E-state index in [4.69, 9.17) is 60.0 Å². The zero-order valence-electron chi connectivity index (χ0n) is 27.6. The molecule has 0 saturated heterocycles. The number of carbonyl (C=O) groups excluding carboxylic acids is 2. The molecule has 0 aliphatic carbocycles. The third-order valence-electron chi connectivity index (χ3n) is 5.77. The maximum atomic E-state index is 12.5. The normalized spacial score (nSPS) is 10.7. The second kappa shape index (κ2) is 24.6. The first kappa shape index (κ1) is 44.5. The number of nitrogens with zero attached hydrogens (tertiary/aromatic N) is 2. The summed E-state index contributed by atoms with van der Waals surface area (Å²) in [7, 11) is 0. The number of amides is 1. The smallest absolute Gasteiger partial charge is 0.481 e. The van der Waals surface area contributed by atoms with Gasteiger partial charge >= 0.3 is 36.1 Å². The van der Waals surface area contributed by atoms with Gasteiger partial charge in [-0.1, -0.05) is 12.1 Å². The Morgan fingerprint density at radius 3 is 1.67 bits per heavy atom. The topological polar surface area (TPSA) is 269 Å². The number of esters is 1. The number of halogens is 3. The summed E-state index contributed by atoms with van der Waals surface area (Å²) >= 11 is 0. The number of benzene rings is 2. The van der Waals surface area contributed by atoms with Crippen LogP contribution in [0.4, 0.5) is 23.7 Å². The molecule has 7 N–H and O–H groups in total. The lowest BCUT2D eigenvalue weighted by Gasteiger charge is -2.20. The lowest BCUT2D eigenvalue weighted by atomic mass is 10.2. The number of aliphatic carboxylic acids is 3. The van der Waals surface area contributed by atoms with Crippen LogP contribution in [-0.2, 0) is 44.7 Å². The second-order valence-electron chi connectivity index (χ2n) is 9.88. The van der Waals surface area contributed by atoms with Gasteiger partial charge in [0, 0.05) is 6.54 Å². The Bertz CT molecular complexity index is 1440. The van der Waals surface area contributed by atoms with Crippen molar-refractivity contribution < 1.29 is 80.9 Å². The highest BCUT2D eigenvalue weighted by atomic mass is 19.4. The zero-order chi connectivity index (χ0) is 38.9. The van der Waals surface area contributed by atoms with Crippen LogP contribution in [0.3, 0.4) is 0 Å². The predicted molar refractivity (Wildman–Crippen MR) is 172 cm³/mol. The van der Waals surface area contributed by atoms with Gasteiger partial charge in [0.2, 0.25) is 0 Å². The third kappa shape index (κ3) is 21.5. The minimum atomic E-state index is -5.08. The molecule has 52 heavy (non-hydrogen) atoms. The molecule has 2 aromatic carbocycles. The number of carbonyl (C=O) groups is 5. The summed E-state index contributed by atoms with van der Waals surface area (Å²) in [6, 6.07) is 12.4. The van der Waals surface area contributed by atoms with E-state index < -0.39 is 42.7 Å². The number of rotatable bonds is 22. The molecule has 2 rings (SSSR count). The van der Waals surface area contributed by atoms with Gasteiger partial charge in [-0.3, -0.25) is 14.5 Å².